The lowest BCUT2D eigenvalue weighted by Gasteiger charge is -2.53. The van der Waals surface area contributed by atoms with Crippen LogP contribution in [0, 0.1) is 17.2 Å². The average molecular weight is 424 g/mol. The highest BCUT2D eigenvalue weighted by Gasteiger charge is 2.51. The zero-order valence-corrected chi connectivity index (χ0v) is 17.3. The van der Waals surface area contributed by atoms with Gasteiger partial charge in [0.05, 0.1) is 5.52 Å². The van der Waals surface area contributed by atoms with Crippen molar-refractivity contribution >= 4 is 39.8 Å². The Balaban J connectivity index is 1.29. The number of hydrogen-bond acceptors (Lipinski definition) is 3. The lowest BCUT2D eigenvalue weighted by atomic mass is 9.55. The number of benzene rings is 2. The molecule has 2 aromatic carbocycles. The Hall–Kier alpha value is -2.66. The van der Waals surface area contributed by atoms with Crippen molar-refractivity contribution in [3.8, 4) is 0 Å². The Morgan fingerprint density at radius 1 is 1.10 bits per heavy atom. The normalized spacial score (nSPS) is 20.2. The quantitative estimate of drug-likeness (QED) is 0.591. The van der Waals surface area contributed by atoms with E-state index in [1.807, 2.05) is 18.2 Å². The van der Waals surface area contributed by atoms with Gasteiger partial charge in [-0.1, -0.05) is 11.6 Å². The summed E-state index contributed by atoms with van der Waals surface area (Å²) in [5.41, 5.74) is 2.68. The van der Waals surface area contributed by atoms with Crippen molar-refractivity contribution in [1.82, 2.24) is 4.98 Å². The Labute approximate surface area is 180 Å². The van der Waals surface area contributed by atoms with Crippen molar-refractivity contribution in [2.45, 2.75) is 25.7 Å². The van der Waals surface area contributed by atoms with E-state index in [4.69, 9.17) is 11.6 Å². The molecule has 1 aliphatic heterocycles. The number of fused-ring (bicyclic) bond motifs is 1. The number of nitrogens with one attached hydrogen (secondary N) is 1. The van der Waals surface area contributed by atoms with E-state index in [1.54, 1.807) is 30.5 Å². The summed E-state index contributed by atoms with van der Waals surface area (Å²) in [4.78, 5) is 19.6. The van der Waals surface area contributed by atoms with Crippen LogP contribution < -0.4 is 10.2 Å². The number of hydrogen-bond donors (Lipinski definition) is 1. The van der Waals surface area contributed by atoms with Crippen LogP contribution in [0.3, 0.4) is 0 Å². The molecule has 1 amide bonds. The second kappa shape index (κ2) is 7.55. The van der Waals surface area contributed by atoms with Gasteiger partial charge in [0.25, 0.3) is 0 Å². The lowest BCUT2D eigenvalue weighted by molar-refractivity contribution is -0.132. The van der Waals surface area contributed by atoms with Crippen LogP contribution in [0.2, 0.25) is 5.02 Å². The van der Waals surface area contributed by atoms with Crippen molar-refractivity contribution < 1.29 is 9.18 Å². The number of pyridine rings is 1. The standard InChI is InChI=1S/C24H23ClFN3O/c25-16-1-4-18(5-2-16)28-23(30)20-7-9-24(20)10-13-29(14-11-24)22-8-12-27-21-6-3-17(26)15-19(21)22/h1-6,8,12,15,20H,7,9-11,13-14H2,(H,28,30)/t20-/m0/s1. The summed E-state index contributed by atoms with van der Waals surface area (Å²) in [6.45, 7) is 1.72. The molecule has 0 unspecified atom stereocenters. The molecule has 5 rings (SSSR count). The predicted octanol–water partition coefficient (Wildman–Crippen LogP) is 5.66. The third-order valence-corrected chi connectivity index (χ3v) is 7.13. The molecule has 0 bridgehead atoms. The summed E-state index contributed by atoms with van der Waals surface area (Å²) >= 11 is 5.93. The molecule has 2 aliphatic rings. The Morgan fingerprint density at radius 3 is 2.57 bits per heavy atom. The molecule has 1 saturated carbocycles. The zero-order chi connectivity index (χ0) is 20.7. The Bertz CT molecular complexity index is 1090. The largest absolute Gasteiger partial charge is 0.371 e. The van der Waals surface area contributed by atoms with Crippen molar-refractivity contribution in [2.24, 2.45) is 11.3 Å². The molecule has 1 spiro atoms. The highest BCUT2D eigenvalue weighted by molar-refractivity contribution is 6.30. The first-order valence-electron chi connectivity index (χ1n) is 10.4. The van der Waals surface area contributed by atoms with E-state index in [2.05, 4.69) is 15.2 Å². The molecule has 1 N–H and O–H groups in total. The van der Waals surface area contributed by atoms with Crippen LogP contribution in [0.1, 0.15) is 25.7 Å². The molecule has 6 heteroatoms. The van der Waals surface area contributed by atoms with Crippen LogP contribution >= 0.6 is 11.6 Å². The molecule has 1 aromatic heterocycles. The summed E-state index contributed by atoms with van der Waals surface area (Å²) in [6, 6.07) is 13.9. The van der Waals surface area contributed by atoms with Gasteiger partial charge in [0.1, 0.15) is 5.82 Å². The van der Waals surface area contributed by atoms with E-state index in [-0.39, 0.29) is 23.1 Å². The Kier molecular flexibility index (Phi) is 4.86. The molecule has 2 fully saturated rings. The number of rotatable bonds is 3. The summed E-state index contributed by atoms with van der Waals surface area (Å²) in [7, 11) is 0. The number of nitrogens with zero attached hydrogens (tertiary/aromatic N) is 2. The number of amides is 1. The van der Waals surface area contributed by atoms with E-state index in [0.717, 1.165) is 61.1 Å². The first-order valence-corrected chi connectivity index (χ1v) is 10.8. The molecule has 154 valence electrons. The molecule has 30 heavy (non-hydrogen) atoms. The third kappa shape index (κ3) is 3.41. The van der Waals surface area contributed by atoms with E-state index in [9.17, 15) is 9.18 Å². The van der Waals surface area contributed by atoms with Gasteiger partial charge in [-0.25, -0.2) is 4.39 Å². The van der Waals surface area contributed by atoms with Crippen molar-refractivity contribution in [3.05, 3.63) is 65.6 Å². The van der Waals surface area contributed by atoms with Crippen molar-refractivity contribution in [3.63, 3.8) is 0 Å². The number of anilines is 2. The van der Waals surface area contributed by atoms with Crippen LogP contribution in [0.4, 0.5) is 15.8 Å². The molecular weight excluding hydrogens is 401 g/mol. The maximum Gasteiger partial charge on any atom is 0.228 e. The van der Waals surface area contributed by atoms with E-state index in [1.165, 1.54) is 6.07 Å². The minimum Gasteiger partial charge on any atom is -0.371 e. The van der Waals surface area contributed by atoms with E-state index in [0.29, 0.717) is 5.02 Å². The molecule has 3 aromatic rings. The number of carbonyl (C=O) groups is 1. The summed E-state index contributed by atoms with van der Waals surface area (Å²) in [5, 5.41) is 4.56. The van der Waals surface area contributed by atoms with Crippen LogP contribution in [-0.2, 0) is 4.79 Å². The molecule has 2 heterocycles. The second-order valence-corrected chi connectivity index (χ2v) is 8.86. The third-order valence-electron chi connectivity index (χ3n) is 6.88. The topological polar surface area (TPSA) is 45.2 Å². The highest BCUT2D eigenvalue weighted by atomic mass is 35.5. The van der Waals surface area contributed by atoms with Crippen LogP contribution in [0.25, 0.3) is 10.9 Å². The zero-order valence-electron chi connectivity index (χ0n) is 16.6. The number of halogens is 2. The van der Waals surface area contributed by atoms with Crippen LogP contribution in [0.15, 0.2) is 54.7 Å². The maximum absolute atomic E-state index is 13.8. The van der Waals surface area contributed by atoms with Gasteiger partial charge in [-0.2, -0.15) is 0 Å². The number of carbonyl (C=O) groups excluding carboxylic acids is 1. The van der Waals surface area contributed by atoms with Crippen LogP contribution in [0.5, 0.6) is 0 Å². The monoisotopic (exact) mass is 423 g/mol. The Morgan fingerprint density at radius 2 is 1.87 bits per heavy atom. The van der Waals surface area contributed by atoms with Gasteiger partial charge in [0.15, 0.2) is 0 Å². The molecular formula is C24H23ClFN3O. The van der Waals surface area contributed by atoms with Gasteiger partial charge in [-0.05, 0) is 79.6 Å². The van der Waals surface area contributed by atoms with Gasteiger partial charge in [0.2, 0.25) is 5.91 Å². The molecule has 1 atom stereocenters. The average Bonchev–Trinajstić information content (AvgIpc) is 2.74. The fourth-order valence-electron chi connectivity index (χ4n) is 5.04. The van der Waals surface area contributed by atoms with Gasteiger partial charge < -0.3 is 10.2 Å². The van der Waals surface area contributed by atoms with Gasteiger partial charge in [-0.15, -0.1) is 0 Å². The minimum atomic E-state index is -0.247. The van der Waals surface area contributed by atoms with E-state index < -0.39 is 0 Å². The van der Waals surface area contributed by atoms with Crippen LogP contribution in [-0.4, -0.2) is 24.0 Å². The van der Waals surface area contributed by atoms with Gasteiger partial charge in [-0.3, -0.25) is 9.78 Å². The molecule has 1 saturated heterocycles. The smallest absolute Gasteiger partial charge is 0.228 e. The first kappa shape index (κ1) is 19.3. The maximum atomic E-state index is 13.8. The molecule has 0 radical (unpaired) electrons. The van der Waals surface area contributed by atoms with Crippen molar-refractivity contribution in [1.29, 1.82) is 0 Å². The number of aromatic nitrogens is 1. The highest BCUT2D eigenvalue weighted by Crippen LogP contribution is 2.54. The predicted molar refractivity (Wildman–Crippen MR) is 118 cm³/mol. The van der Waals surface area contributed by atoms with Gasteiger partial charge in [0, 0.05) is 47.0 Å². The van der Waals surface area contributed by atoms with E-state index >= 15 is 0 Å². The van der Waals surface area contributed by atoms with Crippen molar-refractivity contribution in [2.75, 3.05) is 23.3 Å². The lowest BCUT2D eigenvalue weighted by Crippen LogP contribution is -2.53. The summed E-state index contributed by atoms with van der Waals surface area (Å²) in [6.07, 6.45) is 5.73. The first-order chi connectivity index (χ1) is 14.5. The second-order valence-electron chi connectivity index (χ2n) is 8.43. The molecule has 4 nitrogen and oxygen atoms in total. The fraction of sp³-hybridized carbons (Fsp3) is 0.333. The molecule has 1 aliphatic carbocycles. The summed E-state index contributed by atoms with van der Waals surface area (Å²) < 4.78 is 13.8. The SMILES string of the molecule is O=C(Nc1ccc(Cl)cc1)[C@@H]1CCC12CCN(c1ccnc3ccc(F)cc13)CC2. The fourth-order valence-corrected chi connectivity index (χ4v) is 5.17. The van der Waals surface area contributed by atoms with Gasteiger partial charge >= 0.3 is 0 Å². The summed E-state index contributed by atoms with van der Waals surface area (Å²) in [5.74, 6) is -0.0985. The minimum absolute atomic E-state index is 0.0435. The number of piperidine rings is 1.